The van der Waals surface area contributed by atoms with Crippen LogP contribution in [-0.4, -0.2) is 40.7 Å². The van der Waals surface area contributed by atoms with E-state index in [4.69, 9.17) is 4.74 Å². The number of aromatic nitrogens is 1. The molecule has 1 aromatic rings. The molecular formula is C14H17N3O3. The van der Waals surface area contributed by atoms with Gasteiger partial charge in [0.15, 0.2) is 0 Å². The van der Waals surface area contributed by atoms with E-state index in [0.29, 0.717) is 25.3 Å². The first-order chi connectivity index (χ1) is 9.70. The average Bonchev–Trinajstić information content (AvgIpc) is 2.85. The second-order valence-electron chi connectivity index (χ2n) is 4.38. The van der Waals surface area contributed by atoms with Gasteiger partial charge in [0.05, 0.1) is 18.7 Å². The fourth-order valence-corrected chi connectivity index (χ4v) is 1.97. The average molecular weight is 275 g/mol. The maximum Gasteiger partial charge on any atom is 0.311 e. The van der Waals surface area contributed by atoms with Crippen molar-refractivity contribution in [2.45, 2.75) is 26.2 Å². The predicted octanol–water partition coefficient (Wildman–Crippen LogP) is 1.36. The van der Waals surface area contributed by atoms with E-state index in [2.05, 4.69) is 10.1 Å². The van der Waals surface area contributed by atoms with Gasteiger partial charge in [0, 0.05) is 30.9 Å². The van der Waals surface area contributed by atoms with Gasteiger partial charge in [0.25, 0.3) is 0 Å². The molecule has 1 amide bonds. The van der Waals surface area contributed by atoms with Gasteiger partial charge in [-0.3, -0.25) is 14.6 Å². The van der Waals surface area contributed by atoms with Crippen LogP contribution in [0.15, 0.2) is 29.6 Å². The van der Waals surface area contributed by atoms with Crippen molar-refractivity contribution in [3.05, 3.63) is 30.1 Å². The summed E-state index contributed by atoms with van der Waals surface area (Å²) in [6, 6.07) is 3.53. The van der Waals surface area contributed by atoms with Crippen molar-refractivity contribution in [2.24, 2.45) is 5.10 Å². The third-order valence-corrected chi connectivity index (χ3v) is 2.92. The number of hydrogen-bond donors (Lipinski definition) is 0. The first kappa shape index (κ1) is 14.2. The van der Waals surface area contributed by atoms with E-state index in [9.17, 15) is 9.59 Å². The van der Waals surface area contributed by atoms with Crippen LogP contribution in [0.5, 0.6) is 0 Å². The Balaban J connectivity index is 2.22. The highest BCUT2D eigenvalue weighted by atomic mass is 16.5. The van der Waals surface area contributed by atoms with E-state index in [0.717, 1.165) is 12.0 Å². The second kappa shape index (κ2) is 6.79. The van der Waals surface area contributed by atoms with Crippen molar-refractivity contribution in [2.75, 3.05) is 13.2 Å². The van der Waals surface area contributed by atoms with E-state index >= 15 is 0 Å². The molecule has 0 aliphatic carbocycles. The summed E-state index contributed by atoms with van der Waals surface area (Å²) in [5, 5.41) is 5.75. The maximum atomic E-state index is 11.7. The summed E-state index contributed by atoms with van der Waals surface area (Å²) >= 11 is 0. The van der Waals surface area contributed by atoms with Crippen molar-refractivity contribution in [1.82, 2.24) is 9.99 Å². The number of hydrazone groups is 1. The monoisotopic (exact) mass is 275 g/mol. The SMILES string of the molecule is CCOC(=O)C/C(=N/N1CCCC1=O)c1ccncc1. The van der Waals surface area contributed by atoms with E-state index in [1.54, 1.807) is 31.5 Å². The summed E-state index contributed by atoms with van der Waals surface area (Å²) in [5.74, 6) is -0.366. The number of pyridine rings is 1. The molecule has 1 fully saturated rings. The summed E-state index contributed by atoms with van der Waals surface area (Å²) < 4.78 is 4.95. The fraction of sp³-hybridized carbons (Fsp3) is 0.429. The molecule has 0 spiro atoms. The van der Waals surface area contributed by atoms with Crippen molar-refractivity contribution in [3.63, 3.8) is 0 Å². The van der Waals surface area contributed by atoms with Gasteiger partial charge in [-0.25, -0.2) is 5.01 Å². The summed E-state index contributed by atoms with van der Waals surface area (Å²) in [5.41, 5.74) is 1.30. The molecule has 6 heteroatoms. The topological polar surface area (TPSA) is 71.9 Å². The molecule has 2 heterocycles. The third-order valence-electron chi connectivity index (χ3n) is 2.92. The van der Waals surface area contributed by atoms with Gasteiger partial charge < -0.3 is 4.74 Å². The summed E-state index contributed by atoms with van der Waals surface area (Å²) in [6.45, 7) is 2.67. The molecule has 1 aromatic heterocycles. The molecule has 1 aliphatic heterocycles. The Kier molecular flexibility index (Phi) is 4.81. The van der Waals surface area contributed by atoms with Crippen molar-refractivity contribution < 1.29 is 14.3 Å². The molecule has 0 aromatic carbocycles. The number of rotatable bonds is 5. The molecule has 0 N–H and O–H groups in total. The maximum absolute atomic E-state index is 11.7. The van der Waals surface area contributed by atoms with Crippen LogP contribution in [0.2, 0.25) is 0 Å². The smallest absolute Gasteiger partial charge is 0.311 e. The zero-order chi connectivity index (χ0) is 14.4. The Hall–Kier alpha value is -2.24. The van der Waals surface area contributed by atoms with Crippen molar-refractivity contribution in [1.29, 1.82) is 0 Å². The quantitative estimate of drug-likeness (QED) is 0.601. The molecule has 6 nitrogen and oxygen atoms in total. The van der Waals surface area contributed by atoms with Crippen LogP contribution in [0, 0.1) is 0 Å². The van der Waals surface area contributed by atoms with E-state index in [-0.39, 0.29) is 18.3 Å². The Morgan fingerprint density at radius 1 is 1.45 bits per heavy atom. The Bertz CT molecular complexity index is 514. The number of nitrogens with zero attached hydrogens (tertiary/aromatic N) is 3. The summed E-state index contributed by atoms with van der Waals surface area (Å²) in [4.78, 5) is 27.2. The molecule has 0 bridgehead atoms. The van der Waals surface area contributed by atoms with Gasteiger partial charge in [-0.2, -0.15) is 5.10 Å². The molecule has 1 saturated heterocycles. The number of esters is 1. The molecule has 106 valence electrons. The Morgan fingerprint density at radius 2 is 2.20 bits per heavy atom. The zero-order valence-electron chi connectivity index (χ0n) is 11.4. The number of hydrogen-bond acceptors (Lipinski definition) is 5. The number of amides is 1. The van der Waals surface area contributed by atoms with Gasteiger partial charge in [-0.05, 0) is 25.5 Å². The number of ether oxygens (including phenoxy) is 1. The third kappa shape index (κ3) is 3.63. The molecular weight excluding hydrogens is 258 g/mol. The Morgan fingerprint density at radius 3 is 2.80 bits per heavy atom. The van der Waals surface area contributed by atoms with E-state index in [1.165, 1.54) is 5.01 Å². The fourth-order valence-electron chi connectivity index (χ4n) is 1.97. The van der Waals surface area contributed by atoms with Gasteiger partial charge in [0.2, 0.25) is 5.91 Å². The molecule has 1 aliphatic rings. The lowest BCUT2D eigenvalue weighted by Crippen LogP contribution is -2.22. The molecule has 0 unspecified atom stereocenters. The van der Waals surface area contributed by atoms with Crippen LogP contribution < -0.4 is 0 Å². The normalized spacial score (nSPS) is 15.6. The van der Waals surface area contributed by atoms with Crippen LogP contribution in [0.1, 0.15) is 31.7 Å². The van der Waals surface area contributed by atoms with Gasteiger partial charge in [-0.15, -0.1) is 0 Å². The molecule has 0 atom stereocenters. The van der Waals surface area contributed by atoms with Crippen LogP contribution in [0.4, 0.5) is 0 Å². The lowest BCUT2D eigenvalue weighted by molar-refractivity contribution is -0.141. The summed E-state index contributed by atoms with van der Waals surface area (Å²) in [7, 11) is 0. The first-order valence-electron chi connectivity index (χ1n) is 6.64. The Labute approximate surface area is 117 Å². The molecule has 0 radical (unpaired) electrons. The van der Waals surface area contributed by atoms with Gasteiger partial charge in [0.1, 0.15) is 0 Å². The van der Waals surface area contributed by atoms with Gasteiger partial charge in [-0.1, -0.05) is 0 Å². The molecule has 20 heavy (non-hydrogen) atoms. The van der Waals surface area contributed by atoms with Crippen LogP contribution in [0.25, 0.3) is 0 Å². The predicted molar refractivity (Wildman–Crippen MR) is 73.0 cm³/mol. The minimum absolute atomic E-state index is 0.0135. The van der Waals surface area contributed by atoms with Crippen molar-refractivity contribution in [3.8, 4) is 0 Å². The highest BCUT2D eigenvalue weighted by Gasteiger charge is 2.21. The lowest BCUT2D eigenvalue weighted by atomic mass is 10.1. The van der Waals surface area contributed by atoms with Gasteiger partial charge >= 0.3 is 5.97 Å². The van der Waals surface area contributed by atoms with Crippen LogP contribution in [0.3, 0.4) is 0 Å². The number of carbonyl (C=O) groups is 2. The summed E-state index contributed by atoms with van der Waals surface area (Å²) in [6.07, 6.45) is 4.60. The number of carbonyl (C=O) groups excluding carboxylic acids is 2. The van der Waals surface area contributed by atoms with Crippen LogP contribution in [-0.2, 0) is 14.3 Å². The molecule has 0 saturated carbocycles. The van der Waals surface area contributed by atoms with E-state index in [1.807, 2.05) is 0 Å². The minimum Gasteiger partial charge on any atom is -0.466 e. The van der Waals surface area contributed by atoms with E-state index < -0.39 is 0 Å². The largest absolute Gasteiger partial charge is 0.466 e. The van der Waals surface area contributed by atoms with Crippen LogP contribution >= 0.6 is 0 Å². The highest BCUT2D eigenvalue weighted by molar-refractivity contribution is 6.09. The first-order valence-corrected chi connectivity index (χ1v) is 6.64. The van der Waals surface area contributed by atoms with Crippen molar-refractivity contribution >= 4 is 17.6 Å². The highest BCUT2D eigenvalue weighted by Crippen LogP contribution is 2.13. The minimum atomic E-state index is -0.352. The lowest BCUT2D eigenvalue weighted by Gasteiger charge is -2.12. The standard InChI is InChI=1S/C14H17N3O3/c1-2-20-14(19)10-12(11-5-7-15-8-6-11)16-17-9-3-4-13(17)18/h5-8H,2-4,9-10H2,1H3/b16-12-. The second-order valence-corrected chi connectivity index (χ2v) is 4.38. The molecule has 2 rings (SSSR count). The zero-order valence-corrected chi connectivity index (χ0v) is 11.4.